The first-order valence-electron chi connectivity index (χ1n) is 8.98. The highest BCUT2D eigenvalue weighted by Gasteiger charge is 2.24. The first kappa shape index (κ1) is 17.5. The van der Waals surface area contributed by atoms with Gasteiger partial charge in [0, 0.05) is 5.56 Å². The third-order valence-electron chi connectivity index (χ3n) is 5.03. The van der Waals surface area contributed by atoms with E-state index in [1.165, 1.54) is 16.0 Å². The van der Waals surface area contributed by atoms with Gasteiger partial charge >= 0.3 is 0 Å². The Bertz CT molecular complexity index is 707. The van der Waals surface area contributed by atoms with Gasteiger partial charge in [0.2, 0.25) is 0 Å². The highest BCUT2D eigenvalue weighted by atomic mass is 16.5. The third kappa shape index (κ3) is 4.60. The van der Waals surface area contributed by atoms with Crippen molar-refractivity contribution in [1.29, 1.82) is 0 Å². The van der Waals surface area contributed by atoms with Gasteiger partial charge in [0.25, 0.3) is 5.91 Å². The van der Waals surface area contributed by atoms with Crippen molar-refractivity contribution in [2.24, 2.45) is 0 Å². The molecule has 0 spiro atoms. The van der Waals surface area contributed by atoms with Crippen molar-refractivity contribution in [1.82, 2.24) is 4.90 Å². The topological polar surface area (TPSA) is 34.0 Å². The molecule has 2 aromatic carbocycles. The largest absolute Gasteiger partial charge is 0.483 e. The zero-order valence-electron chi connectivity index (χ0n) is 15.1. The number of carbonyl (C=O) groups excluding carboxylic acids is 1. The van der Waals surface area contributed by atoms with Crippen LogP contribution in [-0.4, -0.2) is 43.6 Å². The molecule has 0 bridgehead atoms. The Labute approximate surface area is 150 Å². The van der Waals surface area contributed by atoms with Gasteiger partial charge in [-0.15, -0.1) is 0 Å². The molecule has 0 aromatic heterocycles. The lowest BCUT2D eigenvalue weighted by Crippen LogP contribution is -3.13. The van der Waals surface area contributed by atoms with Crippen LogP contribution >= 0.6 is 0 Å². The number of nitrogens with one attached hydrogen (secondary N) is 1. The Morgan fingerprint density at radius 1 is 1.04 bits per heavy atom. The number of piperazine rings is 1. The predicted molar refractivity (Wildman–Crippen MR) is 98.8 cm³/mol. The maximum atomic E-state index is 12.4. The molecule has 1 N–H and O–H groups in total. The van der Waals surface area contributed by atoms with Crippen LogP contribution < -0.4 is 9.64 Å². The third-order valence-corrected chi connectivity index (χ3v) is 5.03. The van der Waals surface area contributed by atoms with Gasteiger partial charge in [-0.25, -0.2) is 0 Å². The van der Waals surface area contributed by atoms with E-state index in [9.17, 15) is 4.79 Å². The van der Waals surface area contributed by atoms with Gasteiger partial charge in [-0.2, -0.15) is 0 Å². The van der Waals surface area contributed by atoms with E-state index < -0.39 is 0 Å². The lowest BCUT2D eigenvalue weighted by molar-refractivity contribution is -0.917. The summed E-state index contributed by atoms with van der Waals surface area (Å²) < 4.78 is 5.76. The van der Waals surface area contributed by atoms with Crippen LogP contribution in [0.2, 0.25) is 0 Å². The molecule has 3 rings (SSSR count). The van der Waals surface area contributed by atoms with E-state index in [-0.39, 0.29) is 12.5 Å². The number of benzene rings is 2. The van der Waals surface area contributed by atoms with Gasteiger partial charge in [-0.3, -0.25) is 4.79 Å². The smallest absolute Gasteiger partial charge is 0.260 e. The van der Waals surface area contributed by atoms with Gasteiger partial charge in [0.15, 0.2) is 6.61 Å². The minimum absolute atomic E-state index is 0.0830. The number of quaternary nitrogens is 1. The lowest BCUT2D eigenvalue weighted by atomic mass is 10.1. The van der Waals surface area contributed by atoms with Crippen molar-refractivity contribution in [2.75, 3.05) is 32.8 Å². The summed E-state index contributed by atoms with van der Waals surface area (Å²) in [7, 11) is 0. The van der Waals surface area contributed by atoms with E-state index >= 15 is 0 Å². The second kappa shape index (κ2) is 8.17. The summed E-state index contributed by atoms with van der Waals surface area (Å²) in [6.45, 7) is 8.82. The SMILES string of the molecule is Cc1cccc(OCC(=O)N2CC[NH+](Cc3ccccc3)CC2)c1C. The Hall–Kier alpha value is -2.33. The molecular formula is C21H27N2O2+. The van der Waals surface area contributed by atoms with Crippen LogP contribution in [0.1, 0.15) is 16.7 Å². The van der Waals surface area contributed by atoms with E-state index in [1.807, 2.05) is 30.0 Å². The quantitative estimate of drug-likeness (QED) is 0.898. The first-order valence-corrected chi connectivity index (χ1v) is 8.98. The van der Waals surface area contributed by atoms with Crippen molar-refractivity contribution in [3.05, 3.63) is 65.2 Å². The molecule has 0 atom stereocenters. The van der Waals surface area contributed by atoms with Gasteiger partial charge in [-0.05, 0) is 31.0 Å². The van der Waals surface area contributed by atoms with E-state index in [2.05, 4.69) is 37.3 Å². The van der Waals surface area contributed by atoms with Crippen molar-refractivity contribution in [3.63, 3.8) is 0 Å². The van der Waals surface area contributed by atoms with E-state index in [0.29, 0.717) is 0 Å². The fourth-order valence-electron chi connectivity index (χ4n) is 3.24. The zero-order chi connectivity index (χ0) is 17.6. The molecule has 1 amide bonds. The Balaban J connectivity index is 1.46. The normalized spacial score (nSPS) is 15.2. The molecule has 1 aliphatic heterocycles. The highest BCUT2D eigenvalue weighted by molar-refractivity contribution is 5.77. The Kier molecular flexibility index (Phi) is 5.71. The maximum Gasteiger partial charge on any atom is 0.260 e. The molecule has 4 heteroatoms. The van der Waals surface area contributed by atoms with Crippen molar-refractivity contribution >= 4 is 5.91 Å². The second-order valence-corrected chi connectivity index (χ2v) is 6.78. The summed E-state index contributed by atoms with van der Waals surface area (Å²) in [5.41, 5.74) is 3.64. The molecule has 1 aliphatic rings. The number of ether oxygens (including phenoxy) is 1. The second-order valence-electron chi connectivity index (χ2n) is 6.78. The van der Waals surface area contributed by atoms with E-state index in [4.69, 9.17) is 4.74 Å². The van der Waals surface area contributed by atoms with Crippen LogP contribution in [0, 0.1) is 13.8 Å². The standard InChI is InChI=1S/C21H26N2O2/c1-17-7-6-10-20(18(17)2)25-16-21(24)23-13-11-22(12-14-23)15-19-8-4-3-5-9-19/h3-10H,11-16H2,1-2H3/p+1. The van der Waals surface area contributed by atoms with Gasteiger partial charge in [-0.1, -0.05) is 42.5 Å². The predicted octanol–water partition coefficient (Wildman–Crippen LogP) is 1.61. The zero-order valence-corrected chi connectivity index (χ0v) is 15.1. The number of aryl methyl sites for hydroxylation is 1. The number of carbonyl (C=O) groups is 1. The number of hydrogen-bond donors (Lipinski definition) is 1. The molecule has 2 aromatic rings. The first-order chi connectivity index (χ1) is 12.1. The van der Waals surface area contributed by atoms with Crippen LogP contribution in [0.3, 0.4) is 0 Å². The van der Waals surface area contributed by atoms with Crippen LogP contribution in [0.25, 0.3) is 0 Å². The maximum absolute atomic E-state index is 12.4. The fourth-order valence-corrected chi connectivity index (χ4v) is 3.24. The van der Waals surface area contributed by atoms with Crippen LogP contribution in [0.15, 0.2) is 48.5 Å². The average Bonchev–Trinajstić information content (AvgIpc) is 2.64. The van der Waals surface area contributed by atoms with Crippen molar-refractivity contribution < 1.29 is 14.4 Å². The van der Waals surface area contributed by atoms with Crippen molar-refractivity contribution in [3.8, 4) is 5.75 Å². The van der Waals surface area contributed by atoms with Gasteiger partial charge < -0.3 is 14.5 Å². The summed E-state index contributed by atoms with van der Waals surface area (Å²) in [5, 5.41) is 0. The number of rotatable bonds is 5. The molecule has 0 unspecified atom stereocenters. The number of nitrogens with zero attached hydrogens (tertiary/aromatic N) is 1. The van der Waals surface area contributed by atoms with Gasteiger partial charge in [0.1, 0.15) is 12.3 Å². The summed E-state index contributed by atoms with van der Waals surface area (Å²) in [6, 6.07) is 16.5. The number of amides is 1. The molecule has 1 saturated heterocycles. The molecule has 0 saturated carbocycles. The molecule has 0 radical (unpaired) electrons. The van der Waals surface area contributed by atoms with E-state index in [1.54, 1.807) is 0 Å². The molecule has 4 nitrogen and oxygen atoms in total. The fraction of sp³-hybridized carbons (Fsp3) is 0.381. The Morgan fingerprint density at radius 2 is 1.76 bits per heavy atom. The summed E-state index contributed by atoms with van der Waals surface area (Å²) in [6.07, 6.45) is 0. The summed E-state index contributed by atoms with van der Waals surface area (Å²) >= 11 is 0. The molecule has 0 aliphatic carbocycles. The molecule has 132 valence electrons. The van der Waals surface area contributed by atoms with Crippen molar-refractivity contribution in [2.45, 2.75) is 20.4 Å². The molecular weight excluding hydrogens is 312 g/mol. The Morgan fingerprint density at radius 3 is 2.48 bits per heavy atom. The molecule has 1 heterocycles. The monoisotopic (exact) mass is 339 g/mol. The minimum atomic E-state index is 0.0830. The van der Waals surface area contributed by atoms with E-state index in [0.717, 1.165) is 44.0 Å². The van der Waals surface area contributed by atoms with Crippen LogP contribution in [-0.2, 0) is 11.3 Å². The number of hydrogen-bond acceptors (Lipinski definition) is 2. The molecule has 1 fully saturated rings. The summed E-state index contributed by atoms with van der Waals surface area (Å²) in [4.78, 5) is 15.9. The van der Waals surface area contributed by atoms with Crippen LogP contribution in [0.4, 0.5) is 0 Å². The average molecular weight is 339 g/mol. The highest BCUT2D eigenvalue weighted by Crippen LogP contribution is 2.20. The summed E-state index contributed by atoms with van der Waals surface area (Å²) in [5.74, 6) is 0.890. The van der Waals surface area contributed by atoms with Gasteiger partial charge in [0.05, 0.1) is 26.2 Å². The minimum Gasteiger partial charge on any atom is -0.483 e. The molecule has 25 heavy (non-hydrogen) atoms. The lowest BCUT2D eigenvalue weighted by Gasteiger charge is -2.32. The van der Waals surface area contributed by atoms with Crippen LogP contribution in [0.5, 0.6) is 5.75 Å².